The lowest BCUT2D eigenvalue weighted by Crippen LogP contribution is -2.12. The summed E-state index contributed by atoms with van der Waals surface area (Å²) in [4.78, 5) is 12.1. The molecule has 6 nitrogen and oxygen atoms in total. The number of esters is 1. The van der Waals surface area contributed by atoms with Crippen LogP contribution in [-0.2, 0) is 16.1 Å². The highest BCUT2D eigenvalue weighted by atomic mass is 32.2. The fourth-order valence-electron chi connectivity index (χ4n) is 3.41. The molecular weight excluding hydrogens is 386 g/mol. The van der Waals surface area contributed by atoms with E-state index in [1.165, 1.54) is 11.8 Å². The monoisotopic (exact) mass is 409 g/mol. The molecular formula is C22H23N3O3S. The smallest absolute Gasteiger partial charge is 0.319 e. The van der Waals surface area contributed by atoms with Crippen molar-refractivity contribution in [3.05, 3.63) is 65.5 Å². The van der Waals surface area contributed by atoms with E-state index in [0.717, 1.165) is 22.6 Å². The van der Waals surface area contributed by atoms with Gasteiger partial charge in [-0.2, -0.15) is 0 Å². The van der Waals surface area contributed by atoms with Crippen LogP contribution in [0.4, 0.5) is 0 Å². The summed E-state index contributed by atoms with van der Waals surface area (Å²) in [6, 6.07) is 15.9. The van der Waals surface area contributed by atoms with Crippen LogP contribution in [0.25, 0.3) is 5.69 Å². The number of hydrogen-bond acceptors (Lipinski definition) is 6. The van der Waals surface area contributed by atoms with Gasteiger partial charge in [0.15, 0.2) is 11.0 Å². The van der Waals surface area contributed by atoms with E-state index >= 15 is 0 Å². The van der Waals surface area contributed by atoms with Crippen molar-refractivity contribution < 1.29 is 14.3 Å². The predicted molar refractivity (Wildman–Crippen MR) is 111 cm³/mol. The quantitative estimate of drug-likeness (QED) is 0.567. The zero-order valence-electron chi connectivity index (χ0n) is 16.7. The Morgan fingerprint density at radius 2 is 1.83 bits per heavy atom. The summed E-state index contributed by atoms with van der Waals surface area (Å²) in [5.41, 5.74) is 3.08. The number of aromatic nitrogens is 3. The number of aryl methyl sites for hydroxylation is 2. The fraction of sp³-hybridized carbons (Fsp3) is 0.318. The molecule has 1 aromatic heterocycles. The van der Waals surface area contributed by atoms with E-state index < -0.39 is 0 Å². The van der Waals surface area contributed by atoms with Crippen LogP contribution in [0.5, 0.6) is 5.75 Å². The van der Waals surface area contributed by atoms with Crippen molar-refractivity contribution in [2.24, 2.45) is 0 Å². The lowest BCUT2D eigenvalue weighted by Gasteiger charge is -2.14. The van der Waals surface area contributed by atoms with Gasteiger partial charge in [0, 0.05) is 12.1 Å². The molecule has 7 heteroatoms. The molecule has 3 aromatic rings. The van der Waals surface area contributed by atoms with E-state index in [1.807, 2.05) is 73.9 Å². The maximum Gasteiger partial charge on any atom is 0.319 e. The molecule has 0 spiro atoms. The molecule has 150 valence electrons. The van der Waals surface area contributed by atoms with Gasteiger partial charge in [-0.25, -0.2) is 0 Å². The summed E-state index contributed by atoms with van der Waals surface area (Å²) in [6.45, 7) is 6.24. The Morgan fingerprint density at radius 3 is 2.48 bits per heavy atom. The average molecular weight is 410 g/mol. The molecule has 1 fully saturated rings. The number of para-hydroxylation sites is 2. The number of hydrogen-bond donors (Lipinski definition) is 0. The SMILES string of the molecule is Cc1cccc(C)c1OCc1nnc(S[C@@H]2C[C@@H](C)OC2=O)n1-c1ccccc1. The number of ether oxygens (including phenoxy) is 2. The Morgan fingerprint density at radius 1 is 1.10 bits per heavy atom. The number of nitrogens with zero attached hydrogens (tertiary/aromatic N) is 3. The molecule has 0 aliphatic carbocycles. The highest BCUT2D eigenvalue weighted by Crippen LogP contribution is 2.33. The molecule has 29 heavy (non-hydrogen) atoms. The molecule has 0 bridgehead atoms. The standard InChI is InChI=1S/C22H23N3O3S/c1-14-8-7-9-15(2)20(14)27-13-19-23-24-22(25(19)17-10-5-4-6-11-17)29-18-12-16(3)28-21(18)26/h4-11,16,18H,12-13H2,1-3H3/t16-,18-/m1/s1. The van der Waals surface area contributed by atoms with E-state index in [-0.39, 0.29) is 23.9 Å². The Kier molecular flexibility index (Phi) is 5.58. The summed E-state index contributed by atoms with van der Waals surface area (Å²) in [7, 11) is 0. The van der Waals surface area contributed by atoms with Crippen LogP contribution in [0.3, 0.4) is 0 Å². The van der Waals surface area contributed by atoms with Crippen molar-refractivity contribution in [2.75, 3.05) is 0 Å². The zero-order chi connectivity index (χ0) is 20.4. The normalized spacial score (nSPS) is 18.7. The highest BCUT2D eigenvalue weighted by Gasteiger charge is 2.34. The van der Waals surface area contributed by atoms with Gasteiger partial charge in [-0.3, -0.25) is 9.36 Å². The van der Waals surface area contributed by atoms with Gasteiger partial charge in [0.2, 0.25) is 0 Å². The third-order valence-corrected chi connectivity index (χ3v) is 5.99. The third kappa shape index (κ3) is 4.15. The van der Waals surface area contributed by atoms with Gasteiger partial charge in [0.25, 0.3) is 0 Å². The van der Waals surface area contributed by atoms with E-state index in [2.05, 4.69) is 10.2 Å². The van der Waals surface area contributed by atoms with Crippen LogP contribution in [-0.4, -0.2) is 32.1 Å². The van der Waals surface area contributed by atoms with Crippen molar-refractivity contribution >= 4 is 17.7 Å². The number of benzene rings is 2. The molecule has 1 saturated heterocycles. The van der Waals surface area contributed by atoms with Gasteiger partial charge >= 0.3 is 5.97 Å². The molecule has 1 aliphatic heterocycles. The second kappa shape index (κ2) is 8.29. The average Bonchev–Trinajstić information content (AvgIpc) is 3.24. The minimum atomic E-state index is -0.274. The van der Waals surface area contributed by atoms with Crippen molar-refractivity contribution in [1.29, 1.82) is 0 Å². The minimum Gasteiger partial charge on any atom is -0.485 e. The minimum absolute atomic E-state index is 0.0695. The number of thioether (sulfide) groups is 1. The summed E-state index contributed by atoms with van der Waals surface area (Å²) in [6.07, 6.45) is 0.597. The molecule has 0 saturated carbocycles. The Labute approximate surface area is 174 Å². The maximum atomic E-state index is 12.1. The molecule has 2 heterocycles. The lowest BCUT2D eigenvalue weighted by molar-refractivity contribution is -0.140. The molecule has 2 atom stereocenters. The number of rotatable bonds is 6. The fourth-order valence-corrected chi connectivity index (χ4v) is 4.59. The number of cyclic esters (lactones) is 1. The predicted octanol–water partition coefficient (Wildman–Crippen LogP) is 4.26. The van der Waals surface area contributed by atoms with Crippen molar-refractivity contribution in [2.45, 2.75) is 50.3 Å². The van der Waals surface area contributed by atoms with Gasteiger partial charge in [-0.15, -0.1) is 10.2 Å². The van der Waals surface area contributed by atoms with Gasteiger partial charge < -0.3 is 9.47 Å². The topological polar surface area (TPSA) is 66.2 Å². The third-order valence-electron chi connectivity index (χ3n) is 4.84. The summed E-state index contributed by atoms with van der Waals surface area (Å²) < 4.78 is 13.4. The van der Waals surface area contributed by atoms with Crippen molar-refractivity contribution in [3.63, 3.8) is 0 Å². The van der Waals surface area contributed by atoms with Crippen LogP contribution in [0.15, 0.2) is 53.7 Å². The van der Waals surface area contributed by atoms with E-state index in [9.17, 15) is 4.79 Å². The van der Waals surface area contributed by atoms with Crippen LogP contribution in [0.1, 0.15) is 30.3 Å². The van der Waals surface area contributed by atoms with Crippen molar-refractivity contribution in [1.82, 2.24) is 14.8 Å². The van der Waals surface area contributed by atoms with Crippen LogP contribution in [0.2, 0.25) is 0 Å². The Bertz CT molecular complexity index is 999. The Hall–Kier alpha value is -2.80. The number of carbonyl (C=O) groups excluding carboxylic acids is 1. The first-order valence-corrected chi connectivity index (χ1v) is 10.5. The lowest BCUT2D eigenvalue weighted by atomic mass is 10.1. The first kappa shape index (κ1) is 19.5. The molecule has 0 N–H and O–H groups in total. The summed E-state index contributed by atoms with van der Waals surface area (Å²) in [5.74, 6) is 1.34. The van der Waals surface area contributed by atoms with E-state index in [4.69, 9.17) is 9.47 Å². The largest absolute Gasteiger partial charge is 0.485 e. The maximum absolute atomic E-state index is 12.1. The van der Waals surface area contributed by atoms with Crippen LogP contribution < -0.4 is 4.74 Å². The molecule has 0 unspecified atom stereocenters. The van der Waals surface area contributed by atoms with Gasteiger partial charge in [0.1, 0.15) is 23.7 Å². The summed E-state index contributed by atoms with van der Waals surface area (Å²) in [5, 5.41) is 9.11. The molecule has 4 rings (SSSR count). The van der Waals surface area contributed by atoms with Crippen LogP contribution in [0, 0.1) is 13.8 Å². The first-order valence-electron chi connectivity index (χ1n) is 9.59. The van der Waals surface area contributed by atoms with Gasteiger partial charge in [-0.1, -0.05) is 48.2 Å². The van der Waals surface area contributed by atoms with E-state index in [0.29, 0.717) is 17.4 Å². The molecule has 2 aromatic carbocycles. The zero-order valence-corrected chi connectivity index (χ0v) is 17.5. The summed E-state index contributed by atoms with van der Waals surface area (Å²) >= 11 is 1.39. The molecule has 0 amide bonds. The second-order valence-corrected chi connectivity index (χ2v) is 8.34. The second-order valence-electron chi connectivity index (χ2n) is 7.17. The Balaban J connectivity index is 1.64. The van der Waals surface area contributed by atoms with Gasteiger partial charge in [0.05, 0.1) is 0 Å². The van der Waals surface area contributed by atoms with Crippen LogP contribution >= 0.6 is 11.8 Å². The number of carbonyl (C=O) groups is 1. The first-order chi connectivity index (χ1) is 14.0. The molecule has 0 radical (unpaired) electrons. The van der Waals surface area contributed by atoms with Gasteiger partial charge in [-0.05, 0) is 44.0 Å². The van der Waals surface area contributed by atoms with Crippen molar-refractivity contribution in [3.8, 4) is 11.4 Å². The van der Waals surface area contributed by atoms with E-state index in [1.54, 1.807) is 0 Å². The highest BCUT2D eigenvalue weighted by molar-refractivity contribution is 8.00. The molecule has 1 aliphatic rings.